The second kappa shape index (κ2) is 14.4. The molecule has 10 nitrogen and oxygen atoms in total. The number of carboxylic acid groups (broad SMARTS) is 1. The number of carbonyl (C=O) groups is 4. The van der Waals surface area contributed by atoms with Gasteiger partial charge in [-0.2, -0.15) is 0 Å². The quantitative estimate of drug-likeness (QED) is 0.201. The summed E-state index contributed by atoms with van der Waals surface area (Å²) >= 11 is 0. The minimum atomic E-state index is -2.73. The Balaban J connectivity index is 0.000000410. The largest absolute Gasteiger partial charge is 0.480 e. The highest BCUT2D eigenvalue weighted by molar-refractivity contribution is 5.82. The predicted octanol–water partition coefficient (Wildman–Crippen LogP) is 5.67. The summed E-state index contributed by atoms with van der Waals surface area (Å²) in [5.41, 5.74) is -1.45. The lowest BCUT2D eigenvalue weighted by Gasteiger charge is -2.33. The van der Waals surface area contributed by atoms with Crippen LogP contribution in [0.15, 0.2) is 0 Å². The first-order valence-electron chi connectivity index (χ1n) is 13.6. The number of ether oxygens (including phenoxy) is 3. The zero-order chi connectivity index (χ0) is 31.8. The molecule has 0 aromatic carbocycles. The van der Waals surface area contributed by atoms with Crippen molar-refractivity contribution in [1.29, 1.82) is 0 Å². The summed E-state index contributed by atoms with van der Waals surface area (Å²) in [5, 5.41) is 13.9. The molecule has 0 unspecified atom stereocenters. The Labute approximate surface area is 238 Å². The molecule has 2 fully saturated rings. The lowest BCUT2D eigenvalue weighted by Crippen LogP contribution is -2.49. The van der Waals surface area contributed by atoms with Crippen molar-refractivity contribution in [2.24, 2.45) is 11.8 Å². The topological polar surface area (TPSA) is 140 Å². The predicted molar refractivity (Wildman–Crippen MR) is 140 cm³/mol. The Morgan fingerprint density at radius 2 is 1.02 bits per heavy atom. The molecule has 0 radical (unpaired) electrons. The third kappa shape index (κ3) is 14.1. The van der Waals surface area contributed by atoms with Crippen LogP contribution in [0.5, 0.6) is 0 Å². The van der Waals surface area contributed by atoms with Crippen molar-refractivity contribution in [1.82, 2.24) is 10.6 Å². The van der Waals surface area contributed by atoms with Crippen molar-refractivity contribution in [2.75, 3.05) is 7.11 Å². The molecule has 0 aromatic heterocycles. The molecule has 2 rings (SSSR count). The van der Waals surface area contributed by atoms with Crippen molar-refractivity contribution in [2.45, 2.75) is 128 Å². The minimum absolute atomic E-state index is 0.0692. The van der Waals surface area contributed by atoms with E-state index >= 15 is 0 Å². The summed E-state index contributed by atoms with van der Waals surface area (Å²) in [4.78, 5) is 46.4. The van der Waals surface area contributed by atoms with Crippen LogP contribution in [0.2, 0.25) is 0 Å². The van der Waals surface area contributed by atoms with Crippen molar-refractivity contribution in [3.05, 3.63) is 0 Å². The number of halogens is 4. The van der Waals surface area contributed by atoms with E-state index in [9.17, 15) is 36.7 Å². The number of aliphatic carboxylic acids is 1. The maximum Gasteiger partial charge on any atom is 0.408 e. The van der Waals surface area contributed by atoms with Gasteiger partial charge in [0.25, 0.3) is 0 Å². The number of hydrogen-bond donors (Lipinski definition) is 3. The van der Waals surface area contributed by atoms with Crippen molar-refractivity contribution < 1.29 is 56.1 Å². The van der Waals surface area contributed by atoms with Gasteiger partial charge in [-0.1, -0.05) is 0 Å². The van der Waals surface area contributed by atoms with E-state index in [0.29, 0.717) is 0 Å². The van der Waals surface area contributed by atoms with Crippen molar-refractivity contribution >= 4 is 24.1 Å². The Morgan fingerprint density at radius 1 is 0.707 bits per heavy atom. The SMILES string of the molecule is CC(C)(C)OC(=O)N[C@H](C(=O)O)C1CCC(F)(F)CC1.COC(=O)[C@@H](NC(=O)OC(C)(C)C)C1CCC(F)(F)CC1. The molecule has 0 aromatic rings. The summed E-state index contributed by atoms with van der Waals surface area (Å²) in [6.45, 7) is 10.1. The van der Waals surface area contributed by atoms with E-state index in [-0.39, 0.29) is 57.3 Å². The molecule has 2 saturated carbocycles. The van der Waals surface area contributed by atoms with Gasteiger partial charge in [-0.05, 0) is 79.1 Å². The molecule has 0 bridgehead atoms. The number of hydrogen-bond acceptors (Lipinski definition) is 7. The highest BCUT2D eigenvalue weighted by Crippen LogP contribution is 2.38. The van der Waals surface area contributed by atoms with Crippen LogP contribution in [0.4, 0.5) is 27.2 Å². The summed E-state index contributed by atoms with van der Waals surface area (Å²) < 4.78 is 67.2. The van der Waals surface area contributed by atoms with Crippen LogP contribution in [0, 0.1) is 11.8 Å². The Hall–Kier alpha value is -2.80. The summed E-state index contributed by atoms with van der Waals surface area (Å²) in [7, 11) is 1.20. The standard InChI is InChI=1S/C14H23F2NO4.C13H21F2NO4/c1-13(2,3)21-12(19)17-10(11(18)20-4)9-5-7-14(15,16)8-6-9;1-12(2,3)20-11(19)16-9(10(17)18)8-4-6-13(14,15)7-5-8/h9-10H,5-8H2,1-4H3,(H,17,19);8-9H,4-7H2,1-3H3,(H,16,19)(H,17,18)/t10-;9-/m00/s1. The lowest BCUT2D eigenvalue weighted by molar-refractivity contribution is -0.146. The van der Waals surface area contributed by atoms with Gasteiger partial charge in [0.2, 0.25) is 11.8 Å². The zero-order valence-electron chi connectivity index (χ0n) is 24.8. The molecular formula is C27H44F4N2O8. The minimum Gasteiger partial charge on any atom is -0.480 e. The number of amides is 2. The maximum atomic E-state index is 13.2. The van der Waals surface area contributed by atoms with Crippen LogP contribution >= 0.6 is 0 Å². The van der Waals surface area contributed by atoms with E-state index in [4.69, 9.17) is 14.6 Å². The fourth-order valence-corrected chi connectivity index (χ4v) is 4.54. The molecule has 0 saturated heterocycles. The first-order chi connectivity index (χ1) is 18.5. The smallest absolute Gasteiger partial charge is 0.408 e. The molecule has 3 N–H and O–H groups in total. The molecule has 0 spiro atoms. The number of alkyl carbamates (subject to hydrolysis) is 2. The highest BCUT2D eigenvalue weighted by atomic mass is 19.3. The molecule has 2 atom stereocenters. The summed E-state index contributed by atoms with van der Waals surface area (Å²) in [6.07, 6.45) is -2.43. The van der Waals surface area contributed by atoms with Crippen LogP contribution < -0.4 is 10.6 Å². The van der Waals surface area contributed by atoms with Gasteiger partial charge in [-0.25, -0.2) is 36.7 Å². The van der Waals surface area contributed by atoms with Gasteiger partial charge in [-0.15, -0.1) is 0 Å². The average molecular weight is 601 g/mol. The van der Waals surface area contributed by atoms with Crippen LogP contribution in [-0.4, -0.2) is 71.5 Å². The van der Waals surface area contributed by atoms with Crippen molar-refractivity contribution in [3.63, 3.8) is 0 Å². The molecule has 14 heteroatoms. The van der Waals surface area contributed by atoms with Gasteiger partial charge < -0.3 is 30.0 Å². The summed E-state index contributed by atoms with van der Waals surface area (Å²) in [6, 6.07) is -2.15. The molecule has 2 amide bonds. The molecule has 2 aliphatic carbocycles. The first-order valence-corrected chi connectivity index (χ1v) is 13.6. The fraction of sp³-hybridized carbons (Fsp3) is 0.852. The van der Waals surface area contributed by atoms with Gasteiger partial charge >= 0.3 is 24.1 Å². The molecule has 0 aliphatic heterocycles. The van der Waals surface area contributed by atoms with Crippen LogP contribution in [0.3, 0.4) is 0 Å². The molecule has 2 aliphatic rings. The van der Waals surface area contributed by atoms with Gasteiger partial charge in [0, 0.05) is 25.7 Å². The maximum absolute atomic E-state index is 13.2. The third-order valence-corrected chi connectivity index (χ3v) is 6.53. The first kappa shape index (κ1) is 36.2. The molecule has 238 valence electrons. The molecular weight excluding hydrogens is 556 g/mol. The monoisotopic (exact) mass is 600 g/mol. The summed E-state index contributed by atoms with van der Waals surface area (Å²) in [5.74, 6) is -8.17. The molecule has 0 heterocycles. The second-order valence-corrected chi connectivity index (χ2v) is 12.5. The van der Waals surface area contributed by atoms with Crippen LogP contribution in [-0.2, 0) is 23.8 Å². The number of methoxy groups -OCH3 is 1. The van der Waals surface area contributed by atoms with E-state index in [2.05, 4.69) is 15.4 Å². The number of esters is 1. The number of carbonyl (C=O) groups excluding carboxylic acids is 3. The van der Waals surface area contributed by atoms with Crippen LogP contribution in [0.25, 0.3) is 0 Å². The Morgan fingerprint density at radius 3 is 1.32 bits per heavy atom. The van der Waals surface area contributed by atoms with Crippen molar-refractivity contribution in [3.8, 4) is 0 Å². The second-order valence-electron chi connectivity index (χ2n) is 12.5. The number of nitrogens with one attached hydrogen (secondary N) is 2. The van der Waals surface area contributed by atoms with Gasteiger partial charge in [0.1, 0.15) is 23.3 Å². The number of rotatable bonds is 6. The van der Waals surface area contributed by atoms with Gasteiger partial charge in [0.05, 0.1) is 7.11 Å². The highest BCUT2D eigenvalue weighted by Gasteiger charge is 2.42. The third-order valence-electron chi connectivity index (χ3n) is 6.53. The van der Waals surface area contributed by atoms with E-state index in [1.54, 1.807) is 41.5 Å². The number of alkyl halides is 4. The normalized spacial score (nSPS) is 20.8. The lowest BCUT2D eigenvalue weighted by atomic mass is 9.82. The van der Waals surface area contributed by atoms with E-state index in [0.717, 1.165) is 0 Å². The Bertz CT molecular complexity index is 898. The van der Waals surface area contributed by atoms with E-state index in [1.165, 1.54) is 7.11 Å². The van der Waals surface area contributed by atoms with Gasteiger partial charge in [-0.3, -0.25) is 0 Å². The van der Waals surface area contributed by atoms with Gasteiger partial charge in [0.15, 0.2) is 0 Å². The Kier molecular flexibility index (Phi) is 12.7. The fourth-order valence-electron chi connectivity index (χ4n) is 4.54. The average Bonchev–Trinajstić information content (AvgIpc) is 2.79. The van der Waals surface area contributed by atoms with Crippen LogP contribution in [0.1, 0.15) is 92.9 Å². The zero-order valence-corrected chi connectivity index (χ0v) is 24.8. The molecule has 41 heavy (non-hydrogen) atoms. The van der Waals surface area contributed by atoms with E-state index < -0.39 is 65.2 Å². The van der Waals surface area contributed by atoms with E-state index in [1.807, 2.05) is 0 Å². The number of carboxylic acids is 1.